The Balaban J connectivity index is 2.22. The van der Waals surface area contributed by atoms with E-state index in [0.717, 1.165) is 16.9 Å². The van der Waals surface area contributed by atoms with Gasteiger partial charge in [0.1, 0.15) is 24.2 Å². The molecule has 0 bridgehead atoms. The lowest BCUT2D eigenvalue weighted by atomic mass is 10.1. The van der Waals surface area contributed by atoms with E-state index in [1.165, 1.54) is 6.07 Å². The van der Waals surface area contributed by atoms with Crippen molar-refractivity contribution < 1.29 is 9.13 Å². The monoisotopic (exact) mass is 255 g/mol. The molecule has 0 N–H and O–H groups in total. The Hall–Kier alpha value is -2.34. The van der Waals surface area contributed by atoms with E-state index in [1.807, 2.05) is 38.1 Å². The first-order chi connectivity index (χ1) is 9.13. The summed E-state index contributed by atoms with van der Waals surface area (Å²) in [5, 5.41) is 8.79. The van der Waals surface area contributed by atoms with Crippen molar-refractivity contribution in [2.75, 3.05) is 0 Å². The van der Waals surface area contributed by atoms with E-state index in [4.69, 9.17) is 10.00 Å². The number of nitrogens with zero attached hydrogens (tertiary/aromatic N) is 1. The molecule has 0 atom stereocenters. The van der Waals surface area contributed by atoms with E-state index >= 15 is 0 Å². The van der Waals surface area contributed by atoms with Gasteiger partial charge < -0.3 is 4.74 Å². The Morgan fingerprint density at radius 1 is 1.11 bits per heavy atom. The number of aryl methyl sites for hydroxylation is 2. The van der Waals surface area contributed by atoms with Crippen molar-refractivity contribution in [2.24, 2.45) is 0 Å². The molecule has 0 amide bonds. The highest BCUT2D eigenvalue weighted by molar-refractivity contribution is 5.40. The molecule has 19 heavy (non-hydrogen) atoms. The Morgan fingerprint density at radius 2 is 1.74 bits per heavy atom. The molecule has 0 aromatic heterocycles. The molecule has 0 radical (unpaired) electrons. The molecule has 0 fully saturated rings. The van der Waals surface area contributed by atoms with Crippen LogP contribution in [0.4, 0.5) is 4.39 Å². The highest BCUT2D eigenvalue weighted by atomic mass is 19.1. The molecule has 2 rings (SSSR count). The zero-order valence-corrected chi connectivity index (χ0v) is 10.9. The van der Waals surface area contributed by atoms with Gasteiger partial charge in [0.25, 0.3) is 0 Å². The highest BCUT2D eigenvalue weighted by Crippen LogP contribution is 2.24. The first kappa shape index (κ1) is 13.1. The third-order valence-corrected chi connectivity index (χ3v) is 2.98. The predicted octanol–water partition coefficient (Wildman–Crippen LogP) is 3.89. The van der Waals surface area contributed by atoms with Crippen LogP contribution < -0.4 is 4.74 Å². The molecule has 96 valence electrons. The van der Waals surface area contributed by atoms with Gasteiger partial charge in [-0.2, -0.15) is 5.26 Å². The van der Waals surface area contributed by atoms with Crippen LogP contribution in [0.25, 0.3) is 0 Å². The highest BCUT2D eigenvalue weighted by Gasteiger charge is 2.09. The lowest BCUT2D eigenvalue weighted by molar-refractivity contribution is 0.295. The largest absolute Gasteiger partial charge is 0.488 e. The smallest absolute Gasteiger partial charge is 0.147 e. The lowest BCUT2D eigenvalue weighted by Crippen LogP contribution is -2.02. The van der Waals surface area contributed by atoms with Gasteiger partial charge in [-0.25, -0.2) is 4.39 Å². The number of rotatable bonds is 3. The van der Waals surface area contributed by atoms with Crippen molar-refractivity contribution in [3.05, 3.63) is 64.5 Å². The third-order valence-electron chi connectivity index (χ3n) is 2.98. The number of benzene rings is 2. The maximum Gasteiger partial charge on any atom is 0.147 e. The van der Waals surface area contributed by atoms with Crippen molar-refractivity contribution in [3.8, 4) is 11.8 Å². The van der Waals surface area contributed by atoms with Crippen LogP contribution >= 0.6 is 0 Å². The SMILES string of the molecule is Cc1cccc(C)c1OCc1cccc(C#N)c1F. The lowest BCUT2D eigenvalue weighted by Gasteiger charge is -2.12. The second kappa shape index (κ2) is 5.53. The molecular weight excluding hydrogens is 241 g/mol. The van der Waals surface area contributed by atoms with E-state index in [1.54, 1.807) is 12.1 Å². The molecule has 3 heteroatoms. The zero-order chi connectivity index (χ0) is 13.8. The van der Waals surface area contributed by atoms with E-state index in [2.05, 4.69) is 0 Å². The van der Waals surface area contributed by atoms with Crippen LogP contribution in [0, 0.1) is 31.0 Å². The maximum atomic E-state index is 13.9. The zero-order valence-electron chi connectivity index (χ0n) is 10.9. The summed E-state index contributed by atoms with van der Waals surface area (Å²) in [6.45, 7) is 4.02. The normalized spacial score (nSPS) is 10.0. The van der Waals surface area contributed by atoms with E-state index < -0.39 is 5.82 Å². The summed E-state index contributed by atoms with van der Waals surface area (Å²) >= 11 is 0. The summed E-state index contributed by atoms with van der Waals surface area (Å²) in [6, 6.07) is 12.4. The summed E-state index contributed by atoms with van der Waals surface area (Å²) in [4.78, 5) is 0. The van der Waals surface area contributed by atoms with Crippen molar-refractivity contribution in [3.63, 3.8) is 0 Å². The van der Waals surface area contributed by atoms with Crippen molar-refractivity contribution in [1.82, 2.24) is 0 Å². The van der Waals surface area contributed by atoms with Gasteiger partial charge >= 0.3 is 0 Å². The number of hydrogen-bond acceptors (Lipinski definition) is 2. The molecule has 2 aromatic rings. The van der Waals surface area contributed by atoms with Crippen LogP contribution in [0.1, 0.15) is 22.3 Å². The molecule has 0 aliphatic rings. The molecule has 0 aliphatic heterocycles. The quantitative estimate of drug-likeness (QED) is 0.833. The van der Waals surface area contributed by atoms with Crippen LogP contribution in [-0.4, -0.2) is 0 Å². The first-order valence-corrected chi connectivity index (χ1v) is 6.00. The predicted molar refractivity (Wildman–Crippen MR) is 71.4 cm³/mol. The van der Waals surface area contributed by atoms with Crippen LogP contribution in [-0.2, 0) is 6.61 Å². The average molecular weight is 255 g/mol. The minimum absolute atomic E-state index is 0.0441. The molecule has 0 aliphatic carbocycles. The van der Waals surface area contributed by atoms with Gasteiger partial charge in [0, 0.05) is 5.56 Å². The van der Waals surface area contributed by atoms with Crippen LogP contribution in [0.5, 0.6) is 5.75 Å². The molecular formula is C16H14FNO. The Bertz CT molecular complexity index is 623. The fourth-order valence-corrected chi connectivity index (χ4v) is 1.95. The fourth-order valence-electron chi connectivity index (χ4n) is 1.95. The van der Waals surface area contributed by atoms with Gasteiger partial charge in [0.05, 0.1) is 5.56 Å². The van der Waals surface area contributed by atoms with Crippen molar-refractivity contribution in [2.45, 2.75) is 20.5 Å². The molecule has 2 nitrogen and oxygen atoms in total. The van der Waals surface area contributed by atoms with Gasteiger partial charge in [0.2, 0.25) is 0 Å². The summed E-state index contributed by atoms with van der Waals surface area (Å²) < 4.78 is 19.6. The minimum Gasteiger partial charge on any atom is -0.488 e. The second-order valence-electron chi connectivity index (χ2n) is 4.40. The Kier molecular flexibility index (Phi) is 3.82. The van der Waals surface area contributed by atoms with Crippen LogP contribution in [0.2, 0.25) is 0 Å². The molecule has 0 saturated carbocycles. The summed E-state index contributed by atoms with van der Waals surface area (Å²) in [7, 11) is 0. The van der Waals surface area contributed by atoms with Gasteiger partial charge in [-0.3, -0.25) is 0 Å². The standard InChI is InChI=1S/C16H14FNO/c1-11-5-3-6-12(2)16(11)19-10-14-8-4-7-13(9-18)15(14)17/h3-8H,10H2,1-2H3. The molecule has 0 unspecified atom stereocenters. The summed E-state index contributed by atoms with van der Waals surface area (Å²) in [6.07, 6.45) is 0. The molecule has 0 heterocycles. The number of nitriles is 1. The minimum atomic E-state index is -0.503. The molecule has 0 spiro atoms. The number of hydrogen-bond donors (Lipinski definition) is 0. The van der Waals surface area contributed by atoms with E-state index in [-0.39, 0.29) is 12.2 Å². The van der Waals surface area contributed by atoms with Crippen LogP contribution in [0.15, 0.2) is 36.4 Å². The van der Waals surface area contributed by atoms with E-state index in [0.29, 0.717) is 5.56 Å². The van der Waals surface area contributed by atoms with Gasteiger partial charge in [-0.1, -0.05) is 30.3 Å². The summed E-state index contributed by atoms with van der Waals surface area (Å²) in [5.74, 6) is 0.264. The van der Waals surface area contributed by atoms with Crippen molar-refractivity contribution >= 4 is 0 Å². The molecule has 0 saturated heterocycles. The average Bonchev–Trinajstić information content (AvgIpc) is 2.40. The Labute approximate surface area is 112 Å². The number of ether oxygens (including phenoxy) is 1. The topological polar surface area (TPSA) is 33.0 Å². The summed E-state index contributed by atoms with van der Waals surface area (Å²) in [5.41, 5.74) is 2.46. The van der Waals surface area contributed by atoms with E-state index in [9.17, 15) is 4.39 Å². The Morgan fingerprint density at radius 3 is 2.37 bits per heavy atom. The van der Waals surface area contributed by atoms with Gasteiger partial charge in [-0.15, -0.1) is 0 Å². The first-order valence-electron chi connectivity index (χ1n) is 6.00. The number of halogens is 1. The van der Waals surface area contributed by atoms with Crippen molar-refractivity contribution in [1.29, 1.82) is 5.26 Å². The number of para-hydroxylation sites is 1. The second-order valence-corrected chi connectivity index (χ2v) is 4.40. The fraction of sp³-hybridized carbons (Fsp3) is 0.188. The van der Waals surface area contributed by atoms with Gasteiger partial charge in [0.15, 0.2) is 0 Å². The molecule has 2 aromatic carbocycles. The maximum absolute atomic E-state index is 13.9. The van der Waals surface area contributed by atoms with Crippen LogP contribution in [0.3, 0.4) is 0 Å². The third kappa shape index (κ3) is 2.74. The van der Waals surface area contributed by atoms with Gasteiger partial charge in [-0.05, 0) is 31.0 Å².